The number of Topliss-reactive ketones (excluding diaryl/α,β-unsaturated/α-hetero) is 1. The summed E-state index contributed by atoms with van der Waals surface area (Å²) >= 11 is 0. The number of rotatable bonds is 9. The maximum atomic E-state index is 10.9. The van der Waals surface area contributed by atoms with Gasteiger partial charge < -0.3 is 4.79 Å². The molecule has 0 fully saturated rings. The molecule has 1 nitrogen and oxygen atoms in total. The van der Waals surface area contributed by atoms with Crippen molar-refractivity contribution in [2.24, 2.45) is 0 Å². The molecule has 0 aliphatic carbocycles. The van der Waals surface area contributed by atoms with Gasteiger partial charge in [-0.3, -0.25) is 0 Å². The summed E-state index contributed by atoms with van der Waals surface area (Å²) in [5, 5.41) is 0. The Kier molecular flexibility index (Phi) is 7.87. The van der Waals surface area contributed by atoms with Gasteiger partial charge in [0.25, 0.3) is 0 Å². The number of ketones is 1. The molecule has 0 spiro atoms. The minimum Gasteiger partial charge on any atom is -0.300 e. The lowest BCUT2D eigenvalue weighted by Gasteiger charge is -2.04. The molecule has 0 aromatic heterocycles. The topological polar surface area (TPSA) is 17.1 Å². The Bertz CT molecular complexity index is 470. The van der Waals surface area contributed by atoms with Gasteiger partial charge in [-0.05, 0) is 35.6 Å². The summed E-state index contributed by atoms with van der Waals surface area (Å²) in [7, 11) is 0. The zero-order valence-corrected chi connectivity index (χ0v) is 11.7. The van der Waals surface area contributed by atoms with Gasteiger partial charge >= 0.3 is 0 Å². The fourth-order valence-corrected chi connectivity index (χ4v) is 1.20. The Labute approximate surface area is 116 Å². The van der Waals surface area contributed by atoms with Gasteiger partial charge in [0.1, 0.15) is 5.78 Å². The quantitative estimate of drug-likeness (QED) is 0.536. The van der Waals surface area contributed by atoms with E-state index < -0.39 is 0 Å². The summed E-state index contributed by atoms with van der Waals surface area (Å²) in [6.07, 6.45) is 10.2. The molecule has 0 unspecified atom stereocenters. The van der Waals surface area contributed by atoms with Crippen molar-refractivity contribution in [3.63, 3.8) is 0 Å². The van der Waals surface area contributed by atoms with Gasteiger partial charge in [0.15, 0.2) is 0 Å². The normalized spacial score (nSPS) is 10.6. The summed E-state index contributed by atoms with van der Waals surface area (Å²) in [5.74, 6) is 0.158. The first kappa shape index (κ1) is 16.9. The van der Waals surface area contributed by atoms with Crippen LogP contribution in [0.15, 0.2) is 85.6 Å². The molecule has 0 atom stereocenters. The van der Waals surface area contributed by atoms with Crippen LogP contribution in [0.1, 0.15) is 19.8 Å². The van der Waals surface area contributed by atoms with E-state index in [9.17, 15) is 4.79 Å². The fourth-order valence-electron chi connectivity index (χ4n) is 1.20. The number of hydrogen-bond donors (Lipinski definition) is 0. The second-order valence-corrected chi connectivity index (χ2v) is 4.31. The van der Waals surface area contributed by atoms with Crippen LogP contribution in [0.5, 0.6) is 0 Å². The molecule has 0 saturated carbocycles. The lowest BCUT2D eigenvalue weighted by Crippen LogP contribution is -1.92. The lowest BCUT2D eigenvalue weighted by molar-refractivity contribution is -0.116. The minimum atomic E-state index is 0.158. The fraction of sp³-hybridized carbons (Fsp3) is 0.167. The van der Waals surface area contributed by atoms with Gasteiger partial charge in [0.2, 0.25) is 0 Å². The van der Waals surface area contributed by atoms with E-state index in [-0.39, 0.29) is 5.78 Å². The van der Waals surface area contributed by atoms with Gasteiger partial charge in [-0.25, -0.2) is 0 Å². The third-order valence-corrected chi connectivity index (χ3v) is 2.56. The Balaban J connectivity index is 4.43. The highest BCUT2D eigenvalue weighted by molar-refractivity contribution is 5.75. The SMILES string of the molecule is C=C/C=C\C(=C)C(=C)/C=C\C(=C)C(=C)CCC(C)=O. The van der Waals surface area contributed by atoms with Crippen molar-refractivity contribution in [3.05, 3.63) is 85.6 Å². The Morgan fingerprint density at radius 3 is 1.95 bits per heavy atom. The molecule has 0 aliphatic heterocycles. The molecule has 0 saturated heterocycles. The summed E-state index contributed by atoms with van der Waals surface area (Å²) < 4.78 is 0. The first-order chi connectivity index (χ1) is 8.88. The van der Waals surface area contributed by atoms with Crippen LogP contribution < -0.4 is 0 Å². The molecule has 0 aromatic carbocycles. The van der Waals surface area contributed by atoms with Crippen LogP contribution in [0.25, 0.3) is 0 Å². The van der Waals surface area contributed by atoms with E-state index in [4.69, 9.17) is 0 Å². The first-order valence-electron chi connectivity index (χ1n) is 6.10. The largest absolute Gasteiger partial charge is 0.300 e. The first-order valence-corrected chi connectivity index (χ1v) is 6.10. The van der Waals surface area contributed by atoms with Gasteiger partial charge in [0, 0.05) is 6.42 Å². The number of allylic oxidation sites excluding steroid dienone is 9. The Morgan fingerprint density at radius 1 is 0.895 bits per heavy atom. The van der Waals surface area contributed by atoms with Gasteiger partial charge in [-0.2, -0.15) is 0 Å². The van der Waals surface area contributed by atoms with Crippen molar-refractivity contribution in [1.82, 2.24) is 0 Å². The predicted octanol–water partition coefficient (Wildman–Crippen LogP) is 4.88. The van der Waals surface area contributed by atoms with Crippen molar-refractivity contribution in [2.45, 2.75) is 19.8 Å². The maximum absolute atomic E-state index is 10.9. The molecule has 0 aromatic rings. The molecular weight excluding hydrogens is 232 g/mol. The second-order valence-electron chi connectivity index (χ2n) is 4.31. The Morgan fingerprint density at radius 2 is 1.42 bits per heavy atom. The van der Waals surface area contributed by atoms with Crippen molar-refractivity contribution >= 4 is 5.78 Å². The molecule has 0 radical (unpaired) electrons. The third kappa shape index (κ3) is 7.72. The predicted molar refractivity (Wildman–Crippen MR) is 85.0 cm³/mol. The van der Waals surface area contributed by atoms with Crippen LogP contribution in [0.3, 0.4) is 0 Å². The van der Waals surface area contributed by atoms with E-state index >= 15 is 0 Å². The molecule has 19 heavy (non-hydrogen) atoms. The Hall–Kier alpha value is -2.15. The molecular formula is C18H22O. The van der Waals surface area contributed by atoms with Crippen molar-refractivity contribution in [2.75, 3.05) is 0 Å². The summed E-state index contributed by atoms with van der Waals surface area (Å²) in [4.78, 5) is 10.9. The average Bonchev–Trinajstić information content (AvgIpc) is 2.38. The molecule has 0 bridgehead atoms. The van der Waals surface area contributed by atoms with Crippen LogP contribution >= 0.6 is 0 Å². The molecule has 1 heteroatoms. The van der Waals surface area contributed by atoms with Crippen LogP contribution in [0.4, 0.5) is 0 Å². The standard InChI is InChI=1S/C18H22O/c1-7-8-9-14(2)15(3)10-11-16(4)17(5)12-13-18(6)19/h7-11H,1-5,12-13H2,6H3/b9-8-,11-10-. The van der Waals surface area contributed by atoms with Crippen molar-refractivity contribution in [1.29, 1.82) is 0 Å². The monoisotopic (exact) mass is 254 g/mol. The van der Waals surface area contributed by atoms with Crippen LogP contribution in [0.2, 0.25) is 0 Å². The van der Waals surface area contributed by atoms with Gasteiger partial charge in [-0.15, -0.1) is 0 Å². The van der Waals surface area contributed by atoms with Crippen LogP contribution in [-0.4, -0.2) is 5.78 Å². The van der Waals surface area contributed by atoms with Gasteiger partial charge in [0.05, 0.1) is 0 Å². The van der Waals surface area contributed by atoms with E-state index in [2.05, 4.69) is 32.9 Å². The highest BCUT2D eigenvalue weighted by Gasteiger charge is 2.00. The van der Waals surface area contributed by atoms with E-state index in [1.165, 1.54) is 0 Å². The van der Waals surface area contributed by atoms with Crippen LogP contribution in [-0.2, 0) is 4.79 Å². The number of hydrogen-bond acceptors (Lipinski definition) is 1. The summed E-state index contributed by atoms with van der Waals surface area (Å²) in [6.45, 7) is 20.8. The average molecular weight is 254 g/mol. The maximum Gasteiger partial charge on any atom is 0.130 e. The van der Waals surface area contributed by atoms with E-state index in [1.54, 1.807) is 13.0 Å². The van der Waals surface area contributed by atoms with E-state index in [1.807, 2.05) is 24.3 Å². The smallest absolute Gasteiger partial charge is 0.130 e. The van der Waals surface area contributed by atoms with E-state index in [0.717, 1.165) is 22.3 Å². The molecule has 0 N–H and O–H groups in total. The van der Waals surface area contributed by atoms with Crippen molar-refractivity contribution < 1.29 is 4.79 Å². The molecule has 0 amide bonds. The zero-order valence-electron chi connectivity index (χ0n) is 11.7. The zero-order chi connectivity index (χ0) is 14.8. The molecule has 100 valence electrons. The summed E-state index contributed by atoms with van der Waals surface area (Å²) in [5.41, 5.74) is 3.30. The molecule has 0 heterocycles. The van der Waals surface area contributed by atoms with E-state index in [0.29, 0.717) is 12.8 Å². The van der Waals surface area contributed by atoms with Crippen LogP contribution in [0, 0.1) is 0 Å². The van der Waals surface area contributed by atoms with Crippen molar-refractivity contribution in [3.8, 4) is 0 Å². The number of carbonyl (C=O) groups is 1. The van der Waals surface area contributed by atoms with Gasteiger partial charge in [-0.1, -0.05) is 63.3 Å². The molecule has 0 aliphatic rings. The minimum absolute atomic E-state index is 0.158. The summed E-state index contributed by atoms with van der Waals surface area (Å²) in [6, 6.07) is 0. The third-order valence-electron chi connectivity index (χ3n) is 2.56. The highest BCUT2D eigenvalue weighted by atomic mass is 16.1. The second kappa shape index (κ2) is 8.87. The number of carbonyl (C=O) groups excluding carboxylic acids is 1. The highest BCUT2D eigenvalue weighted by Crippen LogP contribution is 2.16. The molecule has 0 rings (SSSR count). The lowest BCUT2D eigenvalue weighted by atomic mass is 10.0.